The average Bonchev–Trinajstić information content (AvgIpc) is 2.97. The molecule has 5 heteroatoms. The molecule has 0 amide bonds. The van der Waals surface area contributed by atoms with Crippen molar-refractivity contribution < 1.29 is 4.79 Å². The molecule has 2 aromatic rings. The van der Waals surface area contributed by atoms with E-state index >= 15 is 0 Å². The van der Waals surface area contributed by atoms with Crippen LogP contribution in [-0.2, 0) is 13.1 Å². The van der Waals surface area contributed by atoms with E-state index in [4.69, 9.17) is 0 Å². The number of aryl methyl sites for hydroxylation is 1. The van der Waals surface area contributed by atoms with E-state index in [0.717, 1.165) is 12.1 Å². The predicted molar refractivity (Wildman–Crippen MR) is 63.9 cm³/mol. The fourth-order valence-electron chi connectivity index (χ4n) is 1.65. The Morgan fingerprint density at radius 3 is 2.59 bits per heavy atom. The van der Waals surface area contributed by atoms with Gasteiger partial charge in [0.2, 0.25) is 0 Å². The second-order valence-corrected chi connectivity index (χ2v) is 3.91. The van der Waals surface area contributed by atoms with E-state index < -0.39 is 0 Å². The minimum atomic E-state index is 0.125. The third-order valence-electron chi connectivity index (χ3n) is 2.63. The third kappa shape index (κ3) is 2.61. The van der Waals surface area contributed by atoms with Crippen molar-refractivity contribution in [2.24, 2.45) is 0 Å². The minimum absolute atomic E-state index is 0.125. The summed E-state index contributed by atoms with van der Waals surface area (Å²) in [6, 6.07) is 0. The van der Waals surface area contributed by atoms with Gasteiger partial charge in [0.05, 0.1) is 24.5 Å². The van der Waals surface area contributed by atoms with E-state index in [9.17, 15) is 4.79 Å². The normalized spacial score (nSPS) is 10.7. The van der Waals surface area contributed by atoms with Crippen molar-refractivity contribution >= 4 is 5.78 Å². The largest absolute Gasteiger partial charge is 0.294 e. The lowest BCUT2D eigenvalue weighted by Gasteiger charge is -1.97. The topological polar surface area (TPSA) is 52.7 Å². The van der Waals surface area contributed by atoms with E-state index in [-0.39, 0.29) is 5.78 Å². The number of carbonyl (C=O) groups is 1. The van der Waals surface area contributed by atoms with Crippen LogP contribution in [0.1, 0.15) is 36.2 Å². The molecule has 2 heterocycles. The summed E-state index contributed by atoms with van der Waals surface area (Å²) in [5.74, 6) is 0.125. The predicted octanol–water partition coefficient (Wildman–Crippen LogP) is 1.74. The van der Waals surface area contributed by atoms with Gasteiger partial charge >= 0.3 is 0 Å². The van der Waals surface area contributed by atoms with Crippen LogP contribution in [0.3, 0.4) is 0 Å². The van der Waals surface area contributed by atoms with Gasteiger partial charge in [-0.05, 0) is 6.92 Å². The van der Waals surface area contributed by atoms with Crippen LogP contribution in [0, 0.1) is 0 Å². The number of ketones is 1. The Morgan fingerprint density at radius 1 is 1.18 bits per heavy atom. The molecule has 5 nitrogen and oxygen atoms in total. The average molecular weight is 232 g/mol. The molecule has 0 unspecified atom stereocenters. The van der Waals surface area contributed by atoms with Crippen LogP contribution in [0.2, 0.25) is 0 Å². The number of hydrogen-bond donors (Lipinski definition) is 0. The van der Waals surface area contributed by atoms with Crippen LogP contribution in [-0.4, -0.2) is 25.3 Å². The van der Waals surface area contributed by atoms with Gasteiger partial charge in [-0.2, -0.15) is 10.2 Å². The molecule has 0 atom stereocenters. The summed E-state index contributed by atoms with van der Waals surface area (Å²) in [6.07, 6.45) is 7.74. The Hall–Kier alpha value is -1.91. The van der Waals surface area contributed by atoms with Gasteiger partial charge in [-0.25, -0.2) is 0 Å². The van der Waals surface area contributed by atoms with Crippen molar-refractivity contribution in [2.45, 2.75) is 33.4 Å². The molecule has 0 saturated heterocycles. The molecule has 0 spiro atoms. The molecule has 0 fully saturated rings. The Kier molecular flexibility index (Phi) is 3.37. The maximum Gasteiger partial charge on any atom is 0.165 e. The van der Waals surface area contributed by atoms with Gasteiger partial charge in [0, 0.05) is 30.9 Å². The van der Waals surface area contributed by atoms with Gasteiger partial charge in [-0.15, -0.1) is 0 Å². The van der Waals surface area contributed by atoms with Crippen LogP contribution >= 0.6 is 0 Å². The summed E-state index contributed by atoms with van der Waals surface area (Å²) in [7, 11) is 0. The monoisotopic (exact) mass is 232 g/mol. The van der Waals surface area contributed by atoms with Gasteiger partial charge < -0.3 is 0 Å². The lowest BCUT2D eigenvalue weighted by Crippen LogP contribution is -2.00. The molecule has 0 aliphatic heterocycles. The van der Waals surface area contributed by atoms with Crippen LogP contribution in [0.25, 0.3) is 0 Å². The molecule has 0 aliphatic rings. The molecule has 2 aromatic heterocycles. The first-order chi connectivity index (χ1) is 8.22. The Morgan fingerprint density at radius 2 is 1.94 bits per heavy atom. The zero-order chi connectivity index (χ0) is 12.3. The first-order valence-electron chi connectivity index (χ1n) is 5.80. The number of Topliss-reactive ketones (excluding diaryl/α,β-unsaturated/α-hetero) is 1. The van der Waals surface area contributed by atoms with Gasteiger partial charge in [-0.1, -0.05) is 6.92 Å². The quantitative estimate of drug-likeness (QED) is 0.738. The molecule has 17 heavy (non-hydrogen) atoms. The van der Waals surface area contributed by atoms with Crippen molar-refractivity contribution in [3.63, 3.8) is 0 Å². The van der Waals surface area contributed by atoms with Crippen LogP contribution in [0.15, 0.2) is 24.8 Å². The number of nitrogens with zero attached hydrogens (tertiary/aromatic N) is 4. The summed E-state index contributed by atoms with van der Waals surface area (Å²) in [6.45, 7) is 5.41. The zero-order valence-corrected chi connectivity index (χ0v) is 10.1. The molecule has 0 aromatic carbocycles. The fraction of sp³-hybridized carbons (Fsp3) is 0.417. The number of hydrogen-bond acceptors (Lipinski definition) is 3. The fourth-order valence-corrected chi connectivity index (χ4v) is 1.65. The van der Waals surface area contributed by atoms with Crippen LogP contribution in [0.5, 0.6) is 0 Å². The molecule has 0 radical (unpaired) electrons. The molecular weight excluding hydrogens is 216 g/mol. The Balaban J connectivity index is 2.08. The highest BCUT2D eigenvalue weighted by Crippen LogP contribution is 2.05. The molecule has 90 valence electrons. The molecule has 0 saturated carbocycles. The second kappa shape index (κ2) is 4.95. The molecule has 0 aliphatic carbocycles. The molecule has 2 rings (SSSR count). The first-order valence-corrected chi connectivity index (χ1v) is 5.80. The van der Waals surface area contributed by atoms with Crippen molar-refractivity contribution in [2.75, 3.05) is 0 Å². The van der Waals surface area contributed by atoms with E-state index in [1.165, 1.54) is 0 Å². The number of aromatic nitrogens is 4. The number of carbonyl (C=O) groups excluding carboxylic acids is 1. The minimum Gasteiger partial charge on any atom is -0.294 e. The highest BCUT2D eigenvalue weighted by molar-refractivity contribution is 5.95. The van der Waals surface area contributed by atoms with E-state index in [1.807, 2.05) is 30.9 Å². The summed E-state index contributed by atoms with van der Waals surface area (Å²) in [4.78, 5) is 11.5. The molecular formula is C12H16N4O. The highest BCUT2D eigenvalue weighted by atomic mass is 16.1. The summed E-state index contributed by atoms with van der Waals surface area (Å²) in [5.41, 5.74) is 1.76. The Bertz CT molecular complexity index is 512. The zero-order valence-electron chi connectivity index (χ0n) is 10.1. The van der Waals surface area contributed by atoms with Crippen molar-refractivity contribution in [1.29, 1.82) is 0 Å². The SMILES string of the molecule is CCC(=O)c1cnn(Cc2cnn(CC)c2)c1. The Labute approximate surface area is 100 Å². The lowest BCUT2D eigenvalue weighted by atomic mass is 10.2. The smallest absolute Gasteiger partial charge is 0.165 e. The summed E-state index contributed by atoms with van der Waals surface area (Å²) >= 11 is 0. The third-order valence-corrected chi connectivity index (χ3v) is 2.63. The second-order valence-electron chi connectivity index (χ2n) is 3.91. The van der Waals surface area contributed by atoms with Gasteiger partial charge in [0.15, 0.2) is 5.78 Å². The maximum atomic E-state index is 11.5. The molecule has 0 bridgehead atoms. The van der Waals surface area contributed by atoms with E-state index in [0.29, 0.717) is 18.5 Å². The van der Waals surface area contributed by atoms with E-state index in [1.54, 1.807) is 17.1 Å². The number of rotatable bonds is 5. The first kappa shape index (κ1) is 11.6. The maximum absolute atomic E-state index is 11.5. The van der Waals surface area contributed by atoms with Gasteiger partial charge in [0.25, 0.3) is 0 Å². The summed E-state index contributed by atoms with van der Waals surface area (Å²) in [5, 5.41) is 8.37. The van der Waals surface area contributed by atoms with Crippen molar-refractivity contribution in [1.82, 2.24) is 19.6 Å². The standard InChI is InChI=1S/C12H16N4O/c1-3-12(17)11-6-14-16(9-11)8-10-5-13-15(4-2)7-10/h5-7,9H,3-4,8H2,1-2H3. The highest BCUT2D eigenvalue weighted by Gasteiger charge is 2.06. The van der Waals surface area contributed by atoms with Crippen molar-refractivity contribution in [3.8, 4) is 0 Å². The van der Waals surface area contributed by atoms with Crippen molar-refractivity contribution in [3.05, 3.63) is 35.9 Å². The van der Waals surface area contributed by atoms with Crippen LogP contribution < -0.4 is 0 Å². The van der Waals surface area contributed by atoms with Crippen LogP contribution in [0.4, 0.5) is 0 Å². The van der Waals surface area contributed by atoms with E-state index in [2.05, 4.69) is 10.2 Å². The molecule has 0 N–H and O–H groups in total. The van der Waals surface area contributed by atoms with Gasteiger partial charge in [0.1, 0.15) is 0 Å². The summed E-state index contributed by atoms with van der Waals surface area (Å²) < 4.78 is 3.64. The lowest BCUT2D eigenvalue weighted by molar-refractivity contribution is 0.0988. The van der Waals surface area contributed by atoms with Gasteiger partial charge in [-0.3, -0.25) is 14.2 Å².